The number of amides is 2. The topological polar surface area (TPSA) is 67.2 Å². The fourth-order valence-electron chi connectivity index (χ4n) is 1.24. The van der Waals surface area contributed by atoms with E-state index >= 15 is 0 Å². The van der Waals surface area contributed by atoms with Crippen molar-refractivity contribution in [3.63, 3.8) is 0 Å². The standard InChI is InChI=1S/C11H17N3O/c1-2-13-11(15)14-8-10(12)9-6-4-3-5-7-9/h3-7,10H,2,8,12H2,1H3,(H2,13,14,15). The van der Waals surface area contributed by atoms with Crippen LogP contribution in [0.15, 0.2) is 30.3 Å². The van der Waals surface area contributed by atoms with Gasteiger partial charge in [-0.05, 0) is 12.5 Å². The highest BCUT2D eigenvalue weighted by Crippen LogP contribution is 2.07. The van der Waals surface area contributed by atoms with Gasteiger partial charge < -0.3 is 16.4 Å². The second-order valence-corrected chi connectivity index (χ2v) is 3.26. The van der Waals surface area contributed by atoms with Crippen LogP contribution in [0, 0.1) is 0 Å². The van der Waals surface area contributed by atoms with Crippen molar-refractivity contribution < 1.29 is 4.79 Å². The first kappa shape index (κ1) is 11.5. The molecule has 1 aromatic carbocycles. The van der Waals surface area contributed by atoms with Gasteiger partial charge in [0.25, 0.3) is 0 Å². The van der Waals surface area contributed by atoms with E-state index in [0.717, 1.165) is 5.56 Å². The molecule has 0 aliphatic rings. The third-order valence-corrected chi connectivity index (χ3v) is 2.05. The van der Waals surface area contributed by atoms with Gasteiger partial charge >= 0.3 is 6.03 Å². The van der Waals surface area contributed by atoms with Crippen molar-refractivity contribution in [2.75, 3.05) is 13.1 Å². The summed E-state index contributed by atoms with van der Waals surface area (Å²) in [5, 5.41) is 5.35. The molecule has 1 unspecified atom stereocenters. The van der Waals surface area contributed by atoms with Crippen LogP contribution in [-0.2, 0) is 0 Å². The maximum Gasteiger partial charge on any atom is 0.314 e. The molecule has 0 fully saturated rings. The maximum atomic E-state index is 11.1. The molecule has 4 heteroatoms. The van der Waals surface area contributed by atoms with E-state index < -0.39 is 0 Å². The van der Waals surface area contributed by atoms with Crippen molar-refractivity contribution in [2.24, 2.45) is 5.73 Å². The molecule has 2 amide bonds. The third-order valence-electron chi connectivity index (χ3n) is 2.05. The molecule has 0 saturated carbocycles. The van der Waals surface area contributed by atoms with Crippen LogP contribution in [0.2, 0.25) is 0 Å². The molecule has 0 aliphatic heterocycles. The smallest absolute Gasteiger partial charge is 0.314 e. The van der Waals surface area contributed by atoms with Crippen molar-refractivity contribution in [3.8, 4) is 0 Å². The summed E-state index contributed by atoms with van der Waals surface area (Å²) < 4.78 is 0. The fraction of sp³-hybridized carbons (Fsp3) is 0.364. The average molecular weight is 207 g/mol. The van der Waals surface area contributed by atoms with Crippen molar-refractivity contribution in [3.05, 3.63) is 35.9 Å². The molecule has 0 aromatic heterocycles. The number of hydrogen-bond donors (Lipinski definition) is 3. The molecule has 82 valence electrons. The van der Waals surface area contributed by atoms with Gasteiger partial charge in [-0.1, -0.05) is 30.3 Å². The minimum atomic E-state index is -0.177. The summed E-state index contributed by atoms with van der Waals surface area (Å²) in [6.07, 6.45) is 0. The van der Waals surface area contributed by atoms with Crippen molar-refractivity contribution in [1.82, 2.24) is 10.6 Å². The monoisotopic (exact) mass is 207 g/mol. The van der Waals surface area contributed by atoms with Crippen molar-refractivity contribution >= 4 is 6.03 Å². The quantitative estimate of drug-likeness (QED) is 0.689. The second kappa shape index (κ2) is 6.03. The van der Waals surface area contributed by atoms with Gasteiger partial charge in [-0.25, -0.2) is 4.79 Å². The molecular weight excluding hydrogens is 190 g/mol. The molecule has 0 bridgehead atoms. The summed E-state index contributed by atoms with van der Waals surface area (Å²) in [6, 6.07) is 9.36. The number of nitrogens with one attached hydrogen (secondary N) is 2. The van der Waals surface area contributed by atoms with Crippen LogP contribution in [0.1, 0.15) is 18.5 Å². The van der Waals surface area contributed by atoms with E-state index in [4.69, 9.17) is 5.73 Å². The zero-order chi connectivity index (χ0) is 11.1. The summed E-state index contributed by atoms with van der Waals surface area (Å²) in [6.45, 7) is 2.93. The highest BCUT2D eigenvalue weighted by Gasteiger charge is 2.06. The molecule has 15 heavy (non-hydrogen) atoms. The van der Waals surface area contributed by atoms with E-state index in [2.05, 4.69) is 10.6 Å². The Morgan fingerprint density at radius 3 is 2.60 bits per heavy atom. The normalized spacial score (nSPS) is 11.9. The lowest BCUT2D eigenvalue weighted by atomic mass is 10.1. The van der Waals surface area contributed by atoms with Gasteiger partial charge in [0.05, 0.1) is 0 Å². The van der Waals surface area contributed by atoms with Gasteiger partial charge in [-0.2, -0.15) is 0 Å². The van der Waals surface area contributed by atoms with Crippen LogP contribution in [0.3, 0.4) is 0 Å². The Kier molecular flexibility index (Phi) is 4.63. The van der Waals surface area contributed by atoms with E-state index in [1.165, 1.54) is 0 Å². The van der Waals surface area contributed by atoms with Crippen LogP contribution >= 0.6 is 0 Å². The van der Waals surface area contributed by atoms with Crippen LogP contribution in [-0.4, -0.2) is 19.1 Å². The van der Waals surface area contributed by atoms with Crippen LogP contribution in [0.4, 0.5) is 4.79 Å². The fourth-order valence-corrected chi connectivity index (χ4v) is 1.24. The average Bonchev–Trinajstić information content (AvgIpc) is 2.27. The molecule has 1 rings (SSSR count). The molecular formula is C11H17N3O. The Labute approximate surface area is 89.9 Å². The molecule has 1 aromatic rings. The van der Waals surface area contributed by atoms with Crippen molar-refractivity contribution in [1.29, 1.82) is 0 Å². The molecule has 0 aliphatic carbocycles. The van der Waals surface area contributed by atoms with Crippen LogP contribution in [0.25, 0.3) is 0 Å². The molecule has 0 spiro atoms. The third kappa shape index (κ3) is 3.99. The lowest BCUT2D eigenvalue weighted by Gasteiger charge is -2.13. The number of carbonyl (C=O) groups excluding carboxylic acids is 1. The van der Waals surface area contributed by atoms with Gasteiger partial charge in [-0.3, -0.25) is 0 Å². The van der Waals surface area contributed by atoms with Gasteiger partial charge in [-0.15, -0.1) is 0 Å². The van der Waals surface area contributed by atoms with Gasteiger partial charge in [0, 0.05) is 19.1 Å². The molecule has 0 radical (unpaired) electrons. The lowest BCUT2D eigenvalue weighted by molar-refractivity contribution is 0.241. The zero-order valence-electron chi connectivity index (χ0n) is 8.86. The maximum absolute atomic E-state index is 11.1. The summed E-state index contributed by atoms with van der Waals surface area (Å²) in [4.78, 5) is 11.1. The Balaban J connectivity index is 2.37. The molecule has 4 nitrogen and oxygen atoms in total. The first-order chi connectivity index (χ1) is 7.24. The van der Waals surface area contributed by atoms with E-state index in [1.54, 1.807) is 0 Å². The minimum absolute atomic E-state index is 0.159. The zero-order valence-corrected chi connectivity index (χ0v) is 8.86. The van der Waals surface area contributed by atoms with E-state index in [1.807, 2.05) is 37.3 Å². The SMILES string of the molecule is CCNC(=O)NCC(N)c1ccccc1. The Morgan fingerprint density at radius 1 is 1.33 bits per heavy atom. The number of benzene rings is 1. The Morgan fingerprint density at radius 2 is 2.00 bits per heavy atom. The van der Waals surface area contributed by atoms with E-state index in [-0.39, 0.29) is 12.1 Å². The molecule has 0 heterocycles. The highest BCUT2D eigenvalue weighted by molar-refractivity contribution is 5.73. The highest BCUT2D eigenvalue weighted by atomic mass is 16.2. The predicted molar refractivity (Wildman–Crippen MR) is 60.4 cm³/mol. The number of nitrogens with two attached hydrogens (primary N) is 1. The largest absolute Gasteiger partial charge is 0.338 e. The van der Waals surface area contributed by atoms with Gasteiger partial charge in [0.2, 0.25) is 0 Å². The summed E-state index contributed by atoms with van der Waals surface area (Å²) in [5.74, 6) is 0. The summed E-state index contributed by atoms with van der Waals surface area (Å²) in [5.41, 5.74) is 6.92. The minimum Gasteiger partial charge on any atom is -0.338 e. The molecule has 1 atom stereocenters. The first-order valence-corrected chi connectivity index (χ1v) is 5.06. The Hall–Kier alpha value is -1.55. The number of urea groups is 1. The number of carbonyl (C=O) groups is 1. The van der Waals surface area contributed by atoms with Crippen molar-refractivity contribution in [2.45, 2.75) is 13.0 Å². The Bertz CT molecular complexity index is 300. The van der Waals surface area contributed by atoms with Gasteiger partial charge in [0.1, 0.15) is 0 Å². The summed E-state index contributed by atoms with van der Waals surface area (Å²) in [7, 11) is 0. The predicted octanol–water partition coefficient (Wildman–Crippen LogP) is 1.01. The van der Waals surface area contributed by atoms with Gasteiger partial charge in [0.15, 0.2) is 0 Å². The van der Waals surface area contributed by atoms with Crippen LogP contribution < -0.4 is 16.4 Å². The lowest BCUT2D eigenvalue weighted by Crippen LogP contribution is -2.39. The number of hydrogen-bond acceptors (Lipinski definition) is 2. The molecule has 0 saturated heterocycles. The van der Waals surface area contributed by atoms with E-state index in [9.17, 15) is 4.79 Å². The first-order valence-electron chi connectivity index (χ1n) is 5.06. The second-order valence-electron chi connectivity index (χ2n) is 3.26. The number of rotatable bonds is 4. The molecule has 4 N–H and O–H groups in total. The summed E-state index contributed by atoms with van der Waals surface area (Å²) >= 11 is 0. The van der Waals surface area contributed by atoms with Crippen LogP contribution in [0.5, 0.6) is 0 Å². The van der Waals surface area contributed by atoms with E-state index in [0.29, 0.717) is 13.1 Å².